The molecule has 2 aromatic heterocycles. The van der Waals surface area contributed by atoms with Crippen molar-refractivity contribution in [3.63, 3.8) is 0 Å². The number of nitrogens with one attached hydrogen (secondary N) is 1. The summed E-state index contributed by atoms with van der Waals surface area (Å²) >= 11 is 3.47. The second-order valence-electron chi connectivity index (χ2n) is 6.51. The first-order chi connectivity index (χ1) is 12.7. The van der Waals surface area contributed by atoms with Crippen LogP contribution in [0, 0.1) is 0 Å². The van der Waals surface area contributed by atoms with Gasteiger partial charge >= 0.3 is 0 Å². The summed E-state index contributed by atoms with van der Waals surface area (Å²) in [6.45, 7) is 2.88. The Bertz CT molecular complexity index is 925. The molecule has 1 aromatic carbocycles. The molecule has 1 atom stereocenters. The number of fused-ring (bicyclic) bond motifs is 5. The zero-order valence-corrected chi connectivity index (χ0v) is 16.7. The molecule has 138 valence electrons. The van der Waals surface area contributed by atoms with E-state index in [0.717, 1.165) is 60.2 Å². The topological polar surface area (TPSA) is 72.0 Å². The van der Waals surface area contributed by atoms with Crippen LogP contribution in [0.15, 0.2) is 24.3 Å². The van der Waals surface area contributed by atoms with Crippen LogP contribution in [0.3, 0.4) is 0 Å². The van der Waals surface area contributed by atoms with Gasteiger partial charge in [0.25, 0.3) is 0 Å². The SMILES string of the molecule is CSNCCC[C@H]1CN(SC)Cc2nc3c(N)nc4ccccc4c3n21. The molecule has 3 aromatic rings. The van der Waals surface area contributed by atoms with Gasteiger partial charge in [0.15, 0.2) is 5.82 Å². The van der Waals surface area contributed by atoms with Crippen molar-refractivity contribution in [2.45, 2.75) is 25.4 Å². The lowest BCUT2D eigenvalue weighted by molar-refractivity contribution is 0.290. The van der Waals surface area contributed by atoms with Crippen LogP contribution in [0.2, 0.25) is 0 Å². The van der Waals surface area contributed by atoms with Gasteiger partial charge in [0.2, 0.25) is 0 Å². The summed E-state index contributed by atoms with van der Waals surface area (Å²) in [7, 11) is 0. The molecule has 0 fully saturated rings. The Labute approximate surface area is 162 Å². The quantitative estimate of drug-likeness (QED) is 0.495. The summed E-state index contributed by atoms with van der Waals surface area (Å²) in [5.41, 5.74) is 9.19. The lowest BCUT2D eigenvalue weighted by atomic mass is 10.1. The molecule has 0 amide bonds. The summed E-state index contributed by atoms with van der Waals surface area (Å²) < 4.78 is 8.17. The molecule has 0 saturated carbocycles. The van der Waals surface area contributed by atoms with Gasteiger partial charge in [-0.25, -0.2) is 14.3 Å². The fourth-order valence-corrected chi connectivity index (χ4v) is 4.70. The maximum atomic E-state index is 6.27. The minimum Gasteiger partial charge on any atom is -0.382 e. The van der Waals surface area contributed by atoms with E-state index in [-0.39, 0.29) is 0 Å². The Morgan fingerprint density at radius 2 is 2.12 bits per heavy atom. The number of para-hydroxylation sites is 1. The van der Waals surface area contributed by atoms with Crippen LogP contribution in [0.5, 0.6) is 0 Å². The van der Waals surface area contributed by atoms with E-state index >= 15 is 0 Å². The Morgan fingerprint density at radius 1 is 1.27 bits per heavy atom. The number of pyridine rings is 1. The first-order valence-corrected chi connectivity index (χ1v) is 11.2. The molecule has 1 aliphatic heterocycles. The third-order valence-corrected chi connectivity index (χ3v) is 6.23. The van der Waals surface area contributed by atoms with Crippen molar-refractivity contribution < 1.29 is 0 Å². The maximum absolute atomic E-state index is 6.27. The fraction of sp³-hybridized carbons (Fsp3) is 0.444. The molecule has 3 N–H and O–H groups in total. The number of nitrogens with zero attached hydrogens (tertiary/aromatic N) is 4. The highest BCUT2D eigenvalue weighted by Gasteiger charge is 2.29. The number of hydrogen-bond donors (Lipinski definition) is 2. The zero-order valence-electron chi connectivity index (χ0n) is 15.1. The van der Waals surface area contributed by atoms with Crippen molar-refractivity contribution >= 4 is 51.7 Å². The number of rotatable bonds is 6. The Morgan fingerprint density at radius 3 is 2.92 bits per heavy atom. The van der Waals surface area contributed by atoms with Gasteiger partial charge in [0.05, 0.1) is 17.6 Å². The molecular weight excluding hydrogens is 364 g/mol. The van der Waals surface area contributed by atoms with Crippen molar-refractivity contribution in [1.82, 2.24) is 23.6 Å². The van der Waals surface area contributed by atoms with Crippen molar-refractivity contribution in [3.05, 3.63) is 30.1 Å². The van der Waals surface area contributed by atoms with Gasteiger partial charge in [0, 0.05) is 24.5 Å². The van der Waals surface area contributed by atoms with E-state index < -0.39 is 0 Å². The van der Waals surface area contributed by atoms with Crippen LogP contribution in [0.1, 0.15) is 24.7 Å². The predicted molar refractivity (Wildman–Crippen MR) is 113 cm³/mol. The van der Waals surface area contributed by atoms with Gasteiger partial charge < -0.3 is 10.3 Å². The molecule has 8 heteroatoms. The highest BCUT2D eigenvalue weighted by Crippen LogP contribution is 2.36. The second kappa shape index (κ2) is 7.64. The number of aromatic nitrogens is 3. The Hall–Kier alpha value is -1.48. The third kappa shape index (κ3) is 3.15. The highest BCUT2D eigenvalue weighted by atomic mass is 32.2. The summed E-state index contributed by atoms with van der Waals surface area (Å²) in [5.74, 6) is 1.62. The van der Waals surface area contributed by atoms with Crippen molar-refractivity contribution in [1.29, 1.82) is 0 Å². The Kier molecular flexibility index (Phi) is 5.26. The van der Waals surface area contributed by atoms with Crippen LogP contribution in [-0.2, 0) is 6.54 Å². The first-order valence-electron chi connectivity index (χ1n) is 8.83. The third-order valence-electron chi connectivity index (χ3n) is 4.94. The molecule has 0 aliphatic carbocycles. The van der Waals surface area contributed by atoms with E-state index in [2.05, 4.69) is 43.2 Å². The summed E-state index contributed by atoms with van der Waals surface area (Å²) in [6, 6.07) is 8.62. The number of benzene rings is 1. The number of nitrogens with two attached hydrogens (primary N) is 1. The van der Waals surface area contributed by atoms with Gasteiger partial charge in [-0.2, -0.15) is 0 Å². The van der Waals surface area contributed by atoms with Gasteiger partial charge in [0.1, 0.15) is 11.3 Å². The molecule has 0 bridgehead atoms. The molecule has 1 aliphatic rings. The number of imidazole rings is 1. The fourth-order valence-electron chi connectivity index (χ4n) is 3.78. The number of nitrogen functional groups attached to an aromatic ring is 1. The lowest BCUT2D eigenvalue weighted by Gasteiger charge is -2.33. The van der Waals surface area contributed by atoms with Gasteiger partial charge in [-0.15, -0.1) is 0 Å². The summed E-state index contributed by atoms with van der Waals surface area (Å²) in [6.07, 6.45) is 6.44. The summed E-state index contributed by atoms with van der Waals surface area (Å²) in [5, 5.41) is 1.14. The molecule has 0 radical (unpaired) electrons. The molecule has 4 rings (SSSR count). The van der Waals surface area contributed by atoms with Crippen molar-refractivity contribution in [3.8, 4) is 0 Å². The molecule has 0 unspecified atom stereocenters. The van der Waals surface area contributed by atoms with Crippen LogP contribution in [0.4, 0.5) is 5.82 Å². The molecular formula is C18H24N6S2. The predicted octanol–water partition coefficient (Wildman–Crippen LogP) is 3.45. The molecule has 26 heavy (non-hydrogen) atoms. The maximum Gasteiger partial charge on any atom is 0.152 e. The molecule has 6 nitrogen and oxygen atoms in total. The van der Waals surface area contributed by atoms with Gasteiger partial charge in [-0.1, -0.05) is 42.1 Å². The lowest BCUT2D eigenvalue weighted by Crippen LogP contribution is -2.33. The average molecular weight is 389 g/mol. The van der Waals surface area contributed by atoms with Gasteiger partial charge in [-0.3, -0.25) is 4.72 Å². The van der Waals surface area contributed by atoms with Gasteiger partial charge in [-0.05, 0) is 31.4 Å². The number of hydrogen-bond acceptors (Lipinski definition) is 7. The van der Waals surface area contributed by atoms with Crippen LogP contribution >= 0.6 is 23.9 Å². The van der Waals surface area contributed by atoms with Crippen LogP contribution in [-0.4, -0.2) is 44.4 Å². The molecule has 0 spiro atoms. The molecule has 3 heterocycles. The largest absolute Gasteiger partial charge is 0.382 e. The number of anilines is 1. The van der Waals surface area contributed by atoms with Crippen molar-refractivity contribution in [2.24, 2.45) is 0 Å². The smallest absolute Gasteiger partial charge is 0.152 e. The normalized spacial score (nSPS) is 17.8. The Balaban J connectivity index is 1.84. The standard InChI is InChI=1S/C18H24N6S2/c1-25-20-9-5-6-12-10-23(26-2)11-15-22-16-17(24(12)15)13-7-3-4-8-14(13)21-18(16)19/h3-4,7-8,12,20H,5-6,9-11H2,1-2H3,(H2,19,21)/t12-/m0/s1. The van der Waals surface area contributed by atoms with E-state index in [1.54, 1.807) is 23.9 Å². The van der Waals surface area contributed by atoms with E-state index in [1.807, 2.05) is 12.1 Å². The van der Waals surface area contributed by atoms with Crippen LogP contribution < -0.4 is 10.5 Å². The van der Waals surface area contributed by atoms with Crippen molar-refractivity contribution in [2.75, 3.05) is 31.3 Å². The minimum absolute atomic E-state index is 0.394. The summed E-state index contributed by atoms with van der Waals surface area (Å²) in [4.78, 5) is 9.46. The van der Waals surface area contributed by atoms with E-state index in [1.165, 1.54) is 0 Å². The average Bonchev–Trinajstić information content (AvgIpc) is 3.05. The van der Waals surface area contributed by atoms with Crippen LogP contribution in [0.25, 0.3) is 21.9 Å². The molecule has 0 saturated heterocycles. The van der Waals surface area contributed by atoms with E-state index in [4.69, 9.17) is 10.7 Å². The highest BCUT2D eigenvalue weighted by molar-refractivity contribution is 7.96. The first kappa shape index (κ1) is 17.9. The van der Waals surface area contributed by atoms with E-state index in [9.17, 15) is 0 Å². The zero-order chi connectivity index (χ0) is 18.1. The van der Waals surface area contributed by atoms with E-state index in [0.29, 0.717) is 11.9 Å². The second-order valence-corrected chi connectivity index (χ2v) is 8.09. The minimum atomic E-state index is 0.394. The monoisotopic (exact) mass is 388 g/mol.